The quantitative estimate of drug-likeness (QED) is 0.469. The zero-order valence-corrected chi connectivity index (χ0v) is 10.8. The van der Waals surface area contributed by atoms with E-state index in [2.05, 4.69) is 0 Å². The Kier molecular flexibility index (Phi) is 6.25. The van der Waals surface area contributed by atoms with Crippen LogP contribution in [0, 0.1) is 0 Å². The van der Waals surface area contributed by atoms with Crippen LogP contribution in [0.25, 0.3) is 0 Å². The Morgan fingerprint density at radius 3 is 1.33 bits per heavy atom. The van der Waals surface area contributed by atoms with Crippen LogP contribution < -0.4 is 0 Å². The highest BCUT2D eigenvalue weighted by Crippen LogP contribution is 2.10. The van der Waals surface area contributed by atoms with E-state index in [1.165, 1.54) is 23.5 Å². The van der Waals surface area contributed by atoms with Crippen molar-refractivity contribution in [2.45, 2.75) is 0 Å². The molecule has 6 heteroatoms. The van der Waals surface area contributed by atoms with Crippen LogP contribution in [0.3, 0.4) is 0 Å². The third-order valence-electron chi connectivity index (χ3n) is 1.33. The summed E-state index contributed by atoms with van der Waals surface area (Å²) in [5.74, 6) is 0. The lowest BCUT2D eigenvalue weighted by molar-refractivity contribution is 0.226. The smallest absolute Gasteiger partial charge is 0.154 e. The summed E-state index contributed by atoms with van der Waals surface area (Å²) in [7, 11) is 3.81. The van der Waals surface area contributed by atoms with Crippen LogP contribution in [-0.4, -0.2) is 45.3 Å². The highest BCUT2D eigenvalue weighted by Gasteiger charge is 2.10. The summed E-state index contributed by atoms with van der Waals surface area (Å²) in [6.45, 7) is 0. The fraction of sp³-hybridized carbons (Fsp3) is 0.667. The van der Waals surface area contributed by atoms with Crippen LogP contribution in [0.1, 0.15) is 0 Å². The summed E-state index contributed by atoms with van der Waals surface area (Å²) in [5, 5.41) is 3.72. The van der Waals surface area contributed by atoms with Gasteiger partial charge in [0, 0.05) is 14.1 Å². The van der Waals surface area contributed by atoms with Gasteiger partial charge in [0.25, 0.3) is 0 Å². The maximum Gasteiger partial charge on any atom is 0.154 e. The number of thioether (sulfide) groups is 2. The molecule has 0 aromatic heterocycles. The average molecular weight is 240 g/mol. The Bertz CT molecular complexity index is 162. The number of hydrogen-bond donors (Lipinski definition) is 0. The second kappa shape index (κ2) is 6.01. The highest BCUT2D eigenvalue weighted by atomic mass is 32.2. The topological polar surface area (TPSA) is 6.48 Å². The molecule has 70 valence electrons. The van der Waals surface area contributed by atoms with Gasteiger partial charge in [-0.3, -0.25) is 10.0 Å². The average Bonchev–Trinajstić information content (AvgIpc) is 2.12. The molecule has 0 spiro atoms. The fourth-order valence-electron chi connectivity index (χ4n) is 0.509. The normalized spacial score (nSPS) is 9.33. The first-order chi connectivity index (χ1) is 5.54. The van der Waals surface area contributed by atoms with Crippen molar-refractivity contribution in [2.24, 2.45) is 0 Å². The van der Waals surface area contributed by atoms with E-state index in [-0.39, 0.29) is 0 Å². The van der Waals surface area contributed by atoms with Crippen LogP contribution in [0.4, 0.5) is 0 Å². The molecule has 0 fully saturated rings. The molecule has 0 aliphatic carbocycles. The first-order valence-electron chi connectivity index (χ1n) is 3.17. The largest absolute Gasteiger partial charge is 0.271 e. The highest BCUT2D eigenvalue weighted by molar-refractivity contribution is 8.23. The molecule has 0 aromatic rings. The molecule has 0 aromatic carbocycles. The van der Waals surface area contributed by atoms with Crippen LogP contribution in [-0.2, 0) is 0 Å². The van der Waals surface area contributed by atoms with Gasteiger partial charge in [0.05, 0.1) is 0 Å². The molecule has 0 atom stereocenters. The molecule has 0 saturated carbocycles. The van der Waals surface area contributed by atoms with Crippen LogP contribution in [0.15, 0.2) is 0 Å². The van der Waals surface area contributed by atoms with Crippen molar-refractivity contribution in [3.8, 4) is 0 Å². The number of rotatable bonds is 0. The maximum absolute atomic E-state index is 5.10. The first-order valence-corrected chi connectivity index (χ1v) is 6.44. The second-order valence-corrected chi connectivity index (χ2v) is 4.87. The fourth-order valence-corrected chi connectivity index (χ4v) is 1.53. The second-order valence-electron chi connectivity index (χ2n) is 1.99. The Labute approximate surface area is 93.0 Å². The van der Waals surface area contributed by atoms with Gasteiger partial charge in [-0.05, 0) is 12.5 Å². The van der Waals surface area contributed by atoms with Crippen molar-refractivity contribution >= 4 is 56.6 Å². The summed E-state index contributed by atoms with van der Waals surface area (Å²) in [4.78, 5) is 0. The molecule has 0 rings (SSSR count). The van der Waals surface area contributed by atoms with Crippen molar-refractivity contribution in [1.29, 1.82) is 0 Å². The van der Waals surface area contributed by atoms with E-state index in [0.29, 0.717) is 0 Å². The van der Waals surface area contributed by atoms with E-state index in [1.807, 2.05) is 36.6 Å². The van der Waals surface area contributed by atoms with Crippen LogP contribution in [0.2, 0.25) is 0 Å². The van der Waals surface area contributed by atoms with Crippen molar-refractivity contribution in [3.63, 3.8) is 0 Å². The van der Waals surface area contributed by atoms with Gasteiger partial charge >= 0.3 is 0 Å². The van der Waals surface area contributed by atoms with E-state index in [0.717, 1.165) is 8.64 Å². The number of hydrogen-bond acceptors (Lipinski definition) is 4. The Morgan fingerprint density at radius 2 is 1.17 bits per heavy atom. The molecule has 0 aliphatic heterocycles. The monoisotopic (exact) mass is 240 g/mol. The van der Waals surface area contributed by atoms with E-state index in [9.17, 15) is 0 Å². The molecular formula is C6H12N2S4. The lowest BCUT2D eigenvalue weighted by atomic mass is 11.0. The Morgan fingerprint density at radius 1 is 0.917 bits per heavy atom. The van der Waals surface area contributed by atoms with Crippen molar-refractivity contribution in [1.82, 2.24) is 10.0 Å². The minimum atomic E-state index is 0.814. The van der Waals surface area contributed by atoms with Crippen molar-refractivity contribution in [3.05, 3.63) is 0 Å². The summed E-state index contributed by atoms with van der Waals surface area (Å²) in [5.41, 5.74) is 0. The SMILES string of the molecule is CSC(=S)N(C)N(C)C(=S)SC. The molecule has 0 bridgehead atoms. The van der Waals surface area contributed by atoms with Gasteiger partial charge in [-0.25, -0.2) is 0 Å². The van der Waals surface area contributed by atoms with E-state index < -0.39 is 0 Å². The van der Waals surface area contributed by atoms with Crippen molar-refractivity contribution < 1.29 is 0 Å². The summed E-state index contributed by atoms with van der Waals surface area (Å²) >= 11 is 13.3. The van der Waals surface area contributed by atoms with Gasteiger partial charge in [-0.1, -0.05) is 48.0 Å². The summed E-state index contributed by atoms with van der Waals surface area (Å²) < 4.78 is 1.63. The van der Waals surface area contributed by atoms with Gasteiger partial charge in [0.2, 0.25) is 0 Å². The van der Waals surface area contributed by atoms with E-state index in [4.69, 9.17) is 24.4 Å². The van der Waals surface area contributed by atoms with E-state index in [1.54, 1.807) is 0 Å². The first kappa shape index (κ1) is 12.5. The predicted molar refractivity (Wildman–Crippen MR) is 67.8 cm³/mol. The van der Waals surface area contributed by atoms with E-state index >= 15 is 0 Å². The third kappa shape index (κ3) is 3.47. The summed E-state index contributed by atoms with van der Waals surface area (Å²) in [6, 6.07) is 0. The predicted octanol–water partition coefficient (Wildman–Crippen LogP) is 2.06. The lowest BCUT2D eigenvalue weighted by Gasteiger charge is -2.30. The molecule has 0 unspecified atom stereocenters. The van der Waals surface area contributed by atoms with Gasteiger partial charge in [0.15, 0.2) is 8.64 Å². The Hall–Kier alpha value is 0.480. The van der Waals surface area contributed by atoms with Gasteiger partial charge in [0.1, 0.15) is 0 Å². The molecule has 0 amide bonds. The molecule has 0 saturated heterocycles. The standard InChI is InChI=1S/C6H12N2S4/c1-7(5(9)11-3)8(2)6(10)12-4/h1-4H3. The minimum Gasteiger partial charge on any atom is -0.271 e. The molecule has 0 heterocycles. The molecule has 0 N–H and O–H groups in total. The third-order valence-corrected chi connectivity index (χ3v) is 4.08. The lowest BCUT2D eigenvalue weighted by Crippen LogP contribution is -2.40. The van der Waals surface area contributed by atoms with Gasteiger partial charge in [-0.2, -0.15) is 0 Å². The zero-order valence-electron chi connectivity index (χ0n) is 7.53. The molecular weight excluding hydrogens is 228 g/mol. The number of thiocarbonyl (C=S) groups is 2. The van der Waals surface area contributed by atoms with Crippen molar-refractivity contribution in [2.75, 3.05) is 26.6 Å². The number of hydrazine groups is 1. The minimum absolute atomic E-state index is 0.814. The molecule has 12 heavy (non-hydrogen) atoms. The molecule has 0 radical (unpaired) electrons. The van der Waals surface area contributed by atoms with Crippen LogP contribution in [0.5, 0.6) is 0 Å². The zero-order chi connectivity index (χ0) is 9.72. The van der Waals surface area contributed by atoms with Gasteiger partial charge in [-0.15, -0.1) is 0 Å². The summed E-state index contributed by atoms with van der Waals surface area (Å²) in [6.07, 6.45) is 3.91. The molecule has 2 nitrogen and oxygen atoms in total. The number of nitrogens with zero attached hydrogens (tertiary/aromatic N) is 2. The maximum atomic E-state index is 5.10. The molecule has 0 aliphatic rings. The van der Waals surface area contributed by atoms with Gasteiger partial charge < -0.3 is 0 Å². The Balaban J connectivity index is 4.18. The van der Waals surface area contributed by atoms with Crippen LogP contribution >= 0.6 is 48.0 Å².